The van der Waals surface area contributed by atoms with E-state index in [4.69, 9.17) is 10.5 Å². The first-order chi connectivity index (χ1) is 10.6. The maximum atomic E-state index is 11.5. The van der Waals surface area contributed by atoms with Crippen molar-refractivity contribution < 1.29 is 9.53 Å². The van der Waals surface area contributed by atoms with Gasteiger partial charge in [-0.3, -0.25) is 4.98 Å². The Labute approximate surface area is 131 Å². The van der Waals surface area contributed by atoms with Gasteiger partial charge in [-0.2, -0.15) is 0 Å². The third-order valence-corrected chi connectivity index (χ3v) is 4.67. The standard InChI is InChI=1S/C16H26N4O2/c1-4-10-7-11(12-5-6-19-9-14(12)18-2)8-13(17)15(10)20-16(21)22-3/h5-6,9-11,13,15,18H,4,7-8,17H2,1-3H3,(H,20,21). The first-order valence-electron chi connectivity index (χ1n) is 7.82. The second-order valence-electron chi connectivity index (χ2n) is 5.88. The topological polar surface area (TPSA) is 89.3 Å². The minimum absolute atomic E-state index is 0.0337. The predicted octanol–water partition coefficient (Wildman–Crippen LogP) is 2.08. The fourth-order valence-electron chi connectivity index (χ4n) is 3.50. The van der Waals surface area contributed by atoms with Gasteiger partial charge in [0.25, 0.3) is 0 Å². The molecule has 0 bridgehead atoms. The molecule has 1 fully saturated rings. The number of carbonyl (C=O) groups is 1. The number of aromatic nitrogens is 1. The van der Waals surface area contributed by atoms with E-state index < -0.39 is 6.09 Å². The lowest BCUT2D eigenvalue weighted by atomic mass is 9.71. The molecule has 22 heavy (non-hydrogen) atoms. The molecule has 1 aromatic heterocycles. The van der Waals surface area contributed by atoms with Crippen LogP contribution in [0.2, 0.25) is 0 Å². The van der Waals surface area contributed by atoms with Crippen LogP contribution in [0.3, 0.4) is 0 Å². The largest absolute Gasteiger partial charge is 0.453 e. The summed E-state index contributed by atoms with van der Waals surface area (Å²) in [6.07, 6.45) is 6.07. The molecule has 4 N–H and O–H groups in total. The molecule has 2 rings (SSSR count). The summed E-state index contributed by atoms with van der Waals surface area (Å²) in [5, 5.41) is 6.11. The Hall–Kier alpha value is -1.82. The van der Waals surface area contributed by atoms with Crippen molar-refractivity contribution in [3.05, 3.63) is 24.0 Å². The molecular weight excluding hydrogens is 280 g/mol. The van der Waals surface area contributed by atoms with Crippen molar-refractivity contribution in [1.82, 2.24) is 10.3 Å². The van der Waals surface area contributed by atoms with Gasteiger partial charge in [-0.1, -0.05) is 13.3 Å². The van der Waals surface area contributed by atoms with Crippen molar-refractivity contribution in [2.45, 2.75) is 44.2 Å². The fraction of sp³-hybridized carbons (Fsp3) is 0.625. The summed E-state index contributed by atoms with van der Waals surface area (Å²) in [7, 11) is 3.28. The van der Waals surface area contributed by atoms with Crippen molar-refractivity contribution in [2.24, 2.45) is 11.7 Å². The quantitative estimate of drug-likeness (QED) is 0.792. The Morgan fingerprint density at radius 1 is 1.50 bits per heavy atom. The van der Waals surface area contributed by atoms with Crippen LogP contribution in [-0.2, 0) is 4.74 Å². The number of nitrogens with one attached hydrogen (secondary N) is 2. The first-order valence-corrected chi connectivity index (χ1v) is 7.82. The van der Waals surface area contributed by atoms with E-state index in [1.807, 2.05) is 19.4 Å². The lowest BCUT2D eigenvalue weighted by Crippen LogP contribution is -2.55. The highest BCUT2D eigenvalue weighted by molar-refractivity contribution is 5.67. The molecule has 6 nitrogen and oxygen atoms in total. The van der Waals surface area contributed by atoms with Gasteiger partial charge in [0.15, 0.2) is 0 Å². The molecule has 1 heterocycles. The zero-order chi connectivity index (χ0) is 16.1. The van der Waals surface area contributed by atoms with Crippen LogP contribution in [0, 0.1) is 5.92 Å². The number of hydrogen-bond acceptors (Lipinski definition) is 5. The summed E-state index contributed by atoms with van der Waals surface area (Å²) >= 11 is 0. The van der Waals surface area contributed by atoms with Gasteiger partial charge in [0, 0.05) is 19.3 Å². The monoisotopic (exact) mass is 306 g/mol. The maximum absolute atomic E-state index is 11.5. The number of nitrogens with two attached hydrogens (primary N) is 1. The van der Waals surface area contributed by atoms with Crippen LogP contribution in [0.15, 0.2) is 18.5 Å². The molecule has 0 aromatic carbocycles. The fourth-order valence-corrected chi connectivity index (χ4v) is 3.50. The van der Waals surface area contributed by atoms with E-state index in [1.54, 1.807) is 0 Å². The van der Waals surface area contributed by atoms with Crippen LogP contribution >= 0.6 is 0 Å². The molecule has 1 aliphatic rings. The molecule has 0 radical (unpaired) electrons. The van der Waals surface area contributed by atoms with Gasteiger partial charge in [0.1, 0.15) is 0 Å². The van der Waals surface area contributed by atoms with Gasteiger partial charge in [-0.25, -0.2) is 4.79 Å². The van der Waals surface area contributed by atoms with E-state index in [9.17, 15) is 4.79 Å². The Kier molecular flexibility index (Phi) is 5.60. The van der Waals surface area contributed by atoms with Crippen LogP contribution in [0.25, 0.3) is 0 Å². The Morgan fingerprint density at radius 2 is 2.27 bits per heavy atom. The van der Waals surface area contributed by atoms with E-state index in [0.29, 0.717) is 11.8 Å². The number of ether oxygens (including phenoxy) is 1. The van der Waals surface area contributed by atoms with Crippen LogP contribution in [-0.4, -0.2) is 37.3 Å². The van der Waals surface area contributed by atoms with Gasteiger partial charge in [-0.15, -0.1) is 0 Å². The van der Waals surface area contributed by atoms with Crippen molar-refractivity contribution in [3.63, 3.8) is 0 Å². The molecular formula is C16H26N4O2. The van der Waals surface area contributed by atoms with Crippen molar-refractivity contribution >= 4 is 11.8 Å². The van der Waals surface area contributed by atoms with E-state index >= 15 is 0 Å². The van der Waals surface area contributed by atoms with E-state index in [0.717, 1.165) is 24.9 Å². The van der Waals surface area contributed by atoms with Gasteiger partial charge in [0.2, 0.25) is 0 Å². The van der Waals surface area contributed by atoms with E-state index in [2.05, 4.69) is 28.6 Å². The Bertz CT molecular complexity index is 509. The molecule has 1 saturated carbocycles. The number of methoxy groups -OCH3 is 1. The van der Waals surface area contributed by atoms with E-state index in [1.165, 1.54) is 12.7 Å². The average molecular weight is 306 g/mol. The Balaban J connectivity index is 2.17. The summed E-state index contributed by atoms with van der Waals surface area (Å²) in [5.74, 6) is 0.715. The lowest BCUT2D eigenvalue weighted by Gasteiger charge is -2.40. The highest BCUT2D eigenvalue weighted by Crippen LogP contribution is 2.39. The third-order valence-electron chi connectivity index (χ3n) is 4.67. The molecule has 0 saturated heterocycles. The summed E-state index contributed by atoms with van der Waals surface area (Å²) in [5.41, 5.74) is 8.66. The summed E-state index contributed by atoms with van der Waals surface area (Å²) in [6.45, 7) is 2.14. The molecule has 6 heteroatoms. The summed E-state index contributed by atoms with van der Waals surface area (Å²) < 4.78 is 4.72. The minimum Gasteiger partial charge on any atom is -0.453 e. The van der Waals surface area contributed by atoms with Gasteiger partial charge in [0.05, 0.1) is 25.0 Å². The number of hydrogen-bond donors (Lipinski definition) is 3. The number of nitrogens with zero attached hydrogens (tertiary/aromatic N) is 1. The molecule has 122 valence electrons. The van der Waals surface area contributed by atoms with Crippen LogP contribution < -0.4 is 16.4 Å². The number of pyridine rings is 1. The Morgan fingerprint density at radius 3 is 2.91 bits per heavy atom. The number of rotatable bonds is 4. The van der Waals surface area contributed by atoms with Gasteiger partial charge < -0.3 is 21.1 Å². The zero-order valence-corrected chi connectivity index (χ0v) is 13.5. The average Bonchev–Trinajstić information content (AvgIpc) is 2.56. The molecule has 4 unspecified atom stereocenters. The molecule has 0 spiro atoms. The van der Waals surface area contributed by atoms with Crippen LogP contribution in [0.1, 0.15) is 37.7 Å². The molecule has 1 aliphatic carbocycles. The maximum Gasteiger partial charge on any atom is 0.407 e. The summed E-state index contributed by atoms with van der Waals surface area (Å²) in [4.78, 5) is 15.7. The molecule has 4 atom stereocenters. The number of anilines is 1. The summed E-state index contributed by atoms with van der Waals surface area (Å²) in [6, 6.07) is 1.94. The lowest BCUT2D eigenvalue weighted by molar-refractivity contribution is 0.144. The van der Waals surface area contributed by atoms with Gasteiger partial charge >= 0.3 is 6.09 Å². The second kappa shape index (κ2) is 7.45. The highest BCUT2D eigenvalue weighted by atomic mass is 16.5. The first kappa shape index (κ1) is 16.5. The number of amides is 1. The highest BCUT2D eigenvalue weighted by Gasteiger charge is 2.37. The second-order valence-corrected chi connectivity index (χ2v) is 5.88. The molecule has 1 aromatic rings. The van der Waals surface area contributed by atoms with Crippen molar-refractivity contribution in [3.8, 4) is 0 Å². The SMILES string of the molecule is CCC1CC(c2ccncc2NC)CC(N)C1NC(=O)OC. The van der Waals surface area contributed by atoms with E-state index in [-0.39, 0.29) is 12.1 Å². The van der Waals surface area contributed by atoms with Crippen LogP contribution in [0.4, 0.5) is 10.5 Å². The van der Waals surface area contributed by atoms with Crippen molar-refractivity contribution in [1.29, 1.82) is 0 Å². The minimum atomic E-state index is -0.405. The van der Waals surface area contributed by atoms with Crippen LogP contribution in [0.5, 0.6) is 0 Å². The molecule has 1 amide bonds. The zero-order valence-electron chi connectivity index (χ0n) is 13.5. The number of carbonyl (C=O) groups excluding carboxylic acids is 1. The smallest absolute Gasteiger partial charge is 0.407 e. The third kappa shape index (κ3) is 3.50. The number of alkyl carbamates (subject to hydrolysis) is 1. The predicted molar refractivity (Wildman–Crippen MR) is 86.8 cm³/mol. The van der Waals surface area contributed by atoms with Gasteiger partial charge in [-0.05, 0) is 36.3 Å². The molecule has 0 aliphatic heterocycles. The van der Waals surface area contributed by atoms with Crippen molar-refractivity contribution in [2.75, 3.05) is 19.5 Å². The normalized spacial score (nSPS) is 28.0.